The number of hydrogen-bond donors (Lipinski definition) is 4. The van der Waals surface area contributed by atoms with E-state index in [1.807, 2.05) is 12.1 Å². The second kappa shape index (κ2) is 6.75. The molecule has 2 atom stereocenters. The van der Waals surface area contributed by atoms with Gasteiger partial charge in [-0.15, -0.1) is 0 Å². The van der Waals surface area contributed by atoms with Crippen LogP contribution >= 0.6 is 0 Å². The van der Waals surface area contributed by atoms with Crippen molar-refractivity contribution in [1.82, 2.24) is 0 Å². The minimum absolute atomic E-state index is 0.452. The van der Waals surface area contributed by atoms with Gasteiger partial charge in [0, 0.05) is 37.3 Å². The molecule has 5 nitrogen and oxygen atoms in total. The van der Waals surface area contributed by atoms with Gasteiger partial charge in [-0.2, -0.15) is 0 Å². The highest BCUT2D eigenvalue weighted by atomic mass is 16.5. The van der Waals surface area contributed by atoms with Crippen LogP contribution in [0.15, 0.2) is 36.4 Å². The maximum Gasteiger partial charge on any atom is 0.129 e. The summed E-state index contributed by atoms with van der Waals surface area (Å²) in [6.07, 6.45) is 2.21. The van der Waals surface area contributed by atoms with Gasteiger partial charge in [0.1, 0.15) is 11.5 Å². The normalized spacial score (nSPS) is 21.8. The highest BCUT2D eigenvalue weighted by Gasteiger charge is 2.14. The van der Waals surface area contributed by atoms with Crippen molar-refractivity contribution in [3.63, 3.8) is 0 Å². The number of rotatable bonds is 2. The Labute approximate surface area is 149 Å². The molecule has 0 aromatic heterocycles. The zero-order chi connectivity index (χ0) is 17.2. The van der Waals surface area contributed by atoms with E-state index in [2.05, 4.69) is 59.4 Å². The first-order valence-corrected chi connectivity index (χ1v) is 9.14. The van der Waals surface area contributed by atoms with Crippen LogP contribution in [0.1, 0.15) is 26.7 Å². The van der Waals surface area contributed by atoms with Crippen molar-refractivity contribution in [1.29, 1.82) is 0 Å². The number of fused-ring (bicyclic) bond motifs is 2. The van der Waals surface area contributed by atoms with Crippen LogP contribution < -0.4 is 26.0 Å². The molecule has 0 spiro atoms. The third-order valence-electron chi connectivity index (χ3n) is 4.81. The first-order chi connectivity index (χ1) is 12.2. The van der Waals surface area contributed by atoms with Gasteiger partial charge in [0.25, 0.3) is 0 Å². The largest absolute Gasteiger partial charge is 0.457 e. The number of anilines is 4. The van der Waals surface area contributed by atoms with E-state index >= 15 is 0 Å². The van der Waals surface area contributed by atoms with Crippen LogP contribution in [0.4, 0.5) is 22.7 Å². The van der Waals surface area contributed by atoms with E-state index in [-0.39, 0.29) is 0 Å². The van der Waals surface area contributed by atoms with Crippen LogP contribution in [0, 0.1) is 0 Å². The van der Waals surface area contributed by atoms with E-state index in [1.54, 1.807) is 0 Å². The molecule has 2 aromatic rings. The van der Waals surface area contributed by atoms with E-state index in [0.717, 1.165) is 60.2 Å². The van der Waals surface area contributed by atoms with Crippen molar-refractivity contribution in [3.8, 4) is 11.5 Å². The molecule has 5 heteroatoms. The summed E-state index contributed by atoms with van der Waals surface area (Å²) in [7, 11) is 0. The zero-order valence-electron chi connectivity index (χ0n) is 14.9. The Kier molecular flexibility index (Phi) is 4.30. The quantitative estimate of drug-likeness (QED) is 0.639. The molecule has 4 N–H and O–H groups in total. The Bertz CT molecular complexity index is 698. The standard InChI is InChI=1S/C20H26N4O/c1-13-7-9-21-17-5-3-15(11-19(17)23-13)25-16-4-6-18-20(12-16)24-14(2)8-10-22-18/h3-6,11-14,21-24H,7-10H2,1-2H3. The van der Waals surface area contributed by atoms with Gasteiger partial charge in [-0.3, -0.25) is 0 Å². The molecule has 0 fully saturated rings. The first-order valence-electron chi connectivity index (χ1n) is 9.14. The summed E-state index contributed by atoms with van der Waals surface area (Å²) in [5.41, 5.74) is 4.48. The van der Waals surface area contributed by atoms with Gasteiger partial charge in [0.05, 0.1) is 22.7 Å². The summed E-state index contributed by atoms with van der Waals surface area (Å²) in [6, 6.07) is 13.3. The van der Waals surface area contributed by atoms with Crippen LogP contribution in [-0.4, -0.2) is 25.2 Å². The van der Waals surface area contributed by atoms with Crippen LogP contribution in [0.2, 0.25) is 0 Å². The maximum absolute atomic E-state index is 6.13. The Morgan fingerprint density at radius 3 is 1.68 bits per heavy atom. The van der Waals surface area contributed by atoms with Crippen molar-refractivity contribution >= 4 is 22.7 Å². The summed E-state index contributed by atoms with van der Waals surface area (Å²) in [6.45, 7) is 6.39. The number of hydrogen-bond acceptors (Lipinski definition) is 5. The van der Waals surface area contributed by atoms with Gasteiger partial charge in [-0.25, -0.2) is 0 Å². The van der Waals surface area contributed by atoms with Crippen molar-refractivity contribution in [3.05, 3.63) is 36.4 Å². The van der Waals surface area contributed by atoms with Crippen molar-refractivity contribution < 1.29 is 4.74 Å². The summed E-state index contributed by atoms with van der Waals surface area (Å²) >= 11 is 0. The molecule has 0 saturated carbocycles. The zero-order valence-corrected chi connectivity index (χ0v) is 14.9. The molecular formula is C20H26N4O. The summed E-state index contributed by atoms with van der Waals surface area (Å²) in [4.78, 5) is 0. The molecule has 25 heavy (non-hydrogen) atoms. The van der Waals surface area contributed by atoms with Gasteiger partial charge >= 0.3 is 0 Å². The van der Waals surface area contributed by atoms with E-state index in [0.29, 0.717) is 12.1 Å². The Hall–Kier alpha value is -2.56. The fourth-order valence-electron chi connectivity index (χ4n) is 3.38. The highest BCUT2D eigenvalue weighted by Crippen LogP contribution is 2.35. The lowest BCUT2D eigenvalue weighted by molar-refractivity contribution is 0.483. The fourth-order valence-corrected chi connectivity index (χ4v) is 3.38. The lowest BCUT2D eigenvalue weighted by atomic mass is 10.2. The topological polar surface area (TPSA) is 57.4 Å². The summed E-state index contributed by atoms with van der Waals surface area (Å²) < 4.78 is 6.13. The molecule has 2 heterocycles. The molecule has 132 valence electrons. The average Bonchev–Trinajstić information content (AvgIpc) is 2.88. The van der Waals surface area contributed by atoms with E-state index < -0.39 is 0 Å². The molecule has 0 radical (unpaired) electrons. The minimum atomic E-state index is 0.452. The Morgan fingerprint density at radius 1 is 0.720 bits per heavy atom. The molecular weight excluding hydrogens is 312 g/mol. The SMILES string of the molecule is CC1CCNc2ccc(Oc3ccc4c(c3)NC(C)CCN4)cc2N1. The van der Waals surface area contributed by atoms with Gasteiger partial charge in [0.2, 0.25) is 0 Å². The van der Waals surface area contributed by atoms with Gasteiger partial charge in [0.15, 0.2) is 0 Å². The molecule has 0 amide bonds. The Balaban J connectivity index is 1.56. The van der Waals surface area contributed by atoms with Crippen molar-refractivity contribution in [2.24, 2.45) is 0 Å². The molecule has 0 bridgehead atoms. The summed E-state index contributed by atoms with van der Waals surface area (Å²) in [5, 5.41) is 14.0. The molecule has 2 aliphatic rings. The Morgan fingerprint density at radius 2 is 1.20 bits per heavy atom. The molecule has 4 rings (SSSR count). The van der Waals surface area contributed by atoms with Crippen molar-refractivity contribution in [2.75, 3.05) is 34.4 Å². The van der Waals surface area contributed by atoms with E-state index in [9.17, 15) is 0 Å². The smallest absolute Gasteiger partial charge is 0.129 e. The van der Waals surface area contributed by atoms with Crippen LogP contribution in [0.3, 0.4) is 0 Å². The molecule has 2 aromatic carbocycles. The third kappa shape index (κ3) is 3.60. The molecule has 0 aliphatic carbocycles. The molecule has 0 saturated heterocycles. The van der Waals surface area contributed by atoms with Crippen LogP contribution in [-0.2, 0) is 0 Å². The predicted octanol–water partition coefficient (Wildman–Crippen LogP) is 4.71. The number of benzene rings is 2. The van der Waals surface area contributed by atoms with Gasteiger partial charge in [-0.1, -0.05) is 0 Å². The lowest BCUT2D eigenvalue weighted by Crippen LogP contribution is -2.14. The monoisotopic (exact) mass is 338 g/mol. The summed E-state index contributed by atoms with van der Waals surface area (Å²) in [5.74, 6) is 1.69. The fraction of sp³-hybridized carbons (Fsp3) is 0.400. The molecule has 2 unspecified atom stereocenters. The maximum atomic E-state index is 6.13. The second-order valence-corrected chi connectivity index (χ2v) is 7.04. The van der Waals surface area contributed by atoms with Crippen LogP contribution in [0.5, 0.6) is 11.5 Å². The van der Waals surface area contributed by atoms with Gasteiger partial charge in [-0.05, 0) is 51.0 Å². The number of ether oxygens (including phenoxy) is 1. The molecule has 2 aliphatic heterocycles. The van der Waals surface area contributed by atoms with E-state index in [1.165, 1.54) is 0 Å². The average molecular weight is 338 g/mol. The number of nitrogens with one attached hydrogen (secondary N) is 4. The lowest BCUT2D eigenvalue weighted by Gasteiger charge is -2.16. The first kappa shape index (κ1) is 15.9. The van der Waals surface area contributed by atoms with E-state index in [4.69, 9.17) is 4.74 Å². The predicted molar refractivity (Wildman–Crippen MR) is 105 cm³/mol. The minimum Gasteiger partial charge on any atom is -0.457 e. The van der Waals surface area contributed by atoms with Crippen LogP contribution in [0.25, 0.3) is 0 Å². The second-order valence-electron chi connectivity index (χ2n) is 7.04. The van der Waals surface area contributed by atoms with Gasteiger partial charge < -0.3 is 26.0 Å². The van der Waals surface area contributed by atoms with Crippen molar-refractivity contribution in [2.45, 2.75) is 38.8 Å². The third-order valence-corrected chi connectivity index (χ3v) is 4.81. The highest BCUT2D eigenvalue weighted by molar-refractivity contribution is 5.73.